The van der Waals surface area contributed by atoms with Crippen molar-refractivity contribution in [2.24, 2.45) is 0 Å². The lowest BCUT2D eigenvalue weighted by Crippen LogP contribution is -2.34. The number of hydrogen-bond acceptors (Lipinski definition) is 16. The number of ether oxygens (including phenoxy) is 10. The quantitative estimate of drug-likeness (QED) is 0.0153. The Labute approximate surface area is 806 Å². The van der Waals surface area contributed by atoms with Crippen molar-refractivity contribution in [1.82, 2.24) is 31.9 Å². The fraction of sp³-hybridized carbons (Fsp3) is 0.224. The van der Waals surface area contributed by atoms with E-state index in [1.54, 1.807) is 48.5 Å². The Kier molecular flexibility index (Phi) is 37.8. The maximum atomic E-state index is 12.7. The smallest absolute Gasteiger partial charge is 0.251 e. The summed E-state index contributed by atoms with van der Waals surface area (Å²) in [5.41, 5.74) is 13.6. The minimum Gasteiger partial charge on any atom is -0.494 e. The lowest BCUT2D eigenvalue weighted by molar-refractivity contribution is -0.123. The van der Waals surface area contributed by atoms with Crippen LogP contribution in [-0.4, -0.2) is 141 Å². The maximum Gasteiger partial charge on any atom is 0.251 e. The van der Waals surface area contributed by atoms with Crippen molar-refractivity contribution >= 4 is 35.4 Å². The predicted octanol–water partition coefficient (Wildman–Crippen LogP) is 18.4. The first-order chi connectivity index (χ1) is 67.9. The van der Waals surface area contributed by atoms with Gasteiger partial charge in [0.15, 0.2) is 0 Å². The van der Waals surface area contributed by atoms with Gasteiger partial charge in [0.05, 0.1) is 76.9 Å². The molecule has 0 fully saturated rings. The molecule has 0 saturated carbocycles. The van der Waals surface area contributed by atoms with E-state index in [0.29, 0.717) is 203 Å². The van der Waals surface area contributed by atoms with E-state index < -0.39 is 10.8 Å². The van der Waals surface area contributed by atoms with Gasteiger partial charge in [-0.2, -0.15) is 0 Å². The summed E-state index contributed by atoms with van der Waals surface area (Å²) in [7, 11) is 0. The highest BCUT2D eigenvalue weighted by Crippen LogP contribution is 2.47. The summed E-state index contributed by atoms with van der Waals surface area (Å²) in [6, 6.07) is 124. The Hall–Kier alpha value is -15.5. The predicted molar refractivity (Wildman–Crippen MR) is 534 cm³/mol. The van der Waals surface area contributed by atoms with E-state index in [0.717, 1.165) is 44.9 Å². The molecule has 22 heteroatoms. The van der Waals surface area contributed by atoms with E-state index in [9.17, 15) is 28.8 Å². The Morgan fingerprint density at radius 3 is 0.645 bits per heavy atom. The Morgan fingerprint density at radius 2 is 0.420 bits per heavy atom. The molecule has 4 heterocycles. The molecule has 6 amide bonds. The standard InChI is InChI=1S/C84H88N2O12.C32H28N4O4/c87-81(33-19-53-93-77-43-47-79(48-44-77)97-65-61-91-57-55-89-59-63-95-75-39-35-73(36-40-75)83(67-21-7-1-8-22-67,68-23-9-2-10-24-68)69-25-11-3-12-26-69)85-51-52-86-82(88)34-20-54-94-78-45-49-80(50-46-78)98-66-62-92-58-56-90-60-64-96-76-41-37-74(38-42-76)84(70-27-13-4-14-28-70,71-29-15-5-16-30-71)72-31-17-6-18-32-72;37-29-25-3-1-4-26(15-25)30(38)34-18-22-9-13-24(14-10-22)20-36-32(40)28-6-2-5-27(16-28)31(39)35-19-23-11-7-21(8-12-23)17-33-29/h1-18,21-32,35-50H,19-20,33-34,51-66H2,(H,85,87)(H,86,88);1-16H,17-20H2,(H,33,37)(H,34,38)(H,35,39)(H,36,40). The minimum absolute atomic E-state index is 0.104. The van der Waals surface area contributed by atoms with Gasteiger partial charge in [0.1, 0.15) is 60.9 Å². The van der Waals surface area contributed by atoms with Gasteiger partial charge in [-0.25, -0.2) is 0 Å². The zero-order chi connectivity index (χ0) is 95.3. The molecule has 18 rings (SSSR count). The van der Waals surface area contributed by atoms with E-state index >= 15 is 0 Å². The van der Waals surface area contributed by atoms with Crippen LogP contribution in [0.25, 0.3) is 0 Å². The molecule has 4 aliphatic rings. The molecule has 0 saturated heterocycles. The van der Waals surface area contributed by atoms with Crippen LogP contribution < -0.4 is 60.3 Å². The number of hydrogen-bond donors (Lipinski definition) is 6. The molecular formula is C116H116N6O16. The summed E-state index contributed by atoms with van der Waals surface area (Å²) in [5, 5.41) is 17.2. The number of rotatable bonds is 43. The van der Waals surface area contributed by atoms with Crippen molar-refractivity contribution in [2.75, 3.05) is 106 Å². The van der Waals surface area contributed by atoms with Crippen LogP contribution in [0.15, 0.2) is 376 Å². The topological polar surface area (TPSA) is 267 Å². The Balaban J connectivity index is 0.000000314. The Morgan fingerprint density at radius 1 is 0.225 bits per heavy atom. The van der Waals surface area contributed by atoms with Crippen LogP contribution in [0, 0.1) is 0 Å². The molecular weight excluding hydrogens is 1730 g/mol. The molecule has 0 unspecified atom stereocenters. The summed E-state index contributed by atoms with van der Waals surface area (Å²) >= 11 is 0. The van der Waals surface area contributed by atoms with Gasteiger partial charge in [0.2, 0.25) is 11.8 Å². The third-order valence-corrected chi connectivity index (χ3v) is 23.2. The van der Waals surface area contributed by atoms with Gasteiger partial charge in [-0.1, -0.05) is 267 Å². The molecule has 138 heavy (non-hydrogen) atoms. The van der Waals surface area contributed by atoms with Crippen molar-refractivity contribution in [1.29, 1.82) is 0 Å². The maximum absolute atomic E-state index is 12.7. The van der Waals surface area contributed by atoms with Crippen LogP contribution >= 0.6 is 0 Å². The average Bonchev–Trinajstić information content (AvgIpc) is 0.739. The summed E-state index contributed by atoms with van der Waals surface area (Å²) in [4.78, 5) is 75.8. The number of nitrogens with one attached hydrogen (secondary N) is 6. The van der Waals surface area contributed by atoms with Gasteiger partial charge in [-0.15, -0.1) is 0 Å². The van der Waals surface area contributed by atoms with E-state index in [1.165, 1.54) is 33.4 Å². The molecule has 8 bridgehead atoms. The first-order valence-corrected chi connectivity index (χ1v) is 46.8. The first-order valence-electron chi connectivity index (χ1n) is 46.8. The van der Waals surface area contributed by atoms with Gasteiger partial charge < -0.3 is 79.3 Å². The molecule has 6 N–H and O–H groups in total. The van der Waals surface area contributed by atoms with Crippen LogP contribution in [0.3, 0.4) is 0 Å². The largest absolute Gasteiger partial charge is 0.494 e. The van der Waals surface area contributed by atoms with Gasteiger partial charge in [-0.05, 0) is 189 Å². The molecule has 0 aliphatic carbocycles. The third-order valence-electron chi connectivity index (χ3n) is 23.2. The van der Waals surface area contributed by atoms with Crippen LogP contribution in [-0.2, 0) is 65.5 Å². The van der Waals surface area contributed by atoms with E-state index in [2.05, 4.69) is 238 Å². The van der Waals surface area contributed by atoms with E-state index in [1.807, 2.05) is 121 Å². The van der Waals surface area contributed by atoms with Crippen molar-refractivity contribution in [3.05, 3.63) is 465 Å². The van der Waals surface area contributed by atoms with Gasteiger partial charge in [0, 0.05) is 74.4 Å². The SMILES string of the molecule is O=C(CCCOc1ccc(OCCOCCOCCOc2ccc(C(c3ccccc3)(c3ccccc3)c3ccccc3)cc2)cc1)NCCNC(=O)CCCOc1ccc(OCCOCCOCCOc2ccc(C(c3ccccc3)(c3ccccc3)c3ccccc3)cc2)cc1.O=C1NCc2ccc(cc2)CNC(=O)c2cccc(c2)C(=O)NCc2ccc(cc2)CNC(=O)c2cccc1c2. The first kappa shape index (κ1) is 98.5. The number of amides is 6. The van der Waals surface area contributed by atoms with Gasteiger partial charge in [0.25, 0.3) is 23.6 Å². The highest BCUT2D eigenvalue weighted by molar-refractivity contribution is 6.00. The molecule has 706 valence electrons. The molecule has 4 aliphatic heterocycles. The lowest BCUT2D eigenvalue weighted by Gasteiger charge is -2.36. The zero-order valence-electron chi connectivity index (χ0n) is 77.3. The summed E-state index contributed by atoms with van der Waals surface area (Å²) in [6.07, 6.45) is 1.70. The number of carbonyl (C=O) groups is 6. The Bertz CT molecular complexity index is 5400. The number of carbonyl (C=O) groups excluding carboxylic acids is 6. The van der Waals surface area contributed by atoms with Gasteiger partial charge in [-0.3, -0.25) is 28.8 Å². The van der Waals surface area contributed by atoms with Crippen molar-refractivity contribution in [2.45, 2.75) is 62.7 Å². The monoisotopic (exact) mass is 1850 g/mol. The normalized spacial score (nSPS) is 12.3. The molecule has 0 aromatic heterocycles. The summed E-state index contributed by atoms with van der Waals surface area (Å²) in [6.45, 7) is 7.75. The third kappa shape index (κ3) is 29.0. The van der Waals surface area contributed by atoms with Crippen molar-refractivity contribution in [3.63, 3.8) is 0 Å². The highest BCUT2D eigenvalue weighted by atomic mass is 16.6. The lowest BCUT2D eigenvalue weighted by atomic mass is 9.65. The van der Waals surface area contributed by atoms with Crippen LogP contribution in [0.2, 0.25) is 0 Å². The van der Waals surface area contributed by atoms with E-state index in [-0.39, 0.29) is 35.4 Å². The highest BCUT2D eigenvalue weighted by Gasteiger charge is 2.40. The fourth-order valence-corrected chi connectivity index (χ4v) is 16.2. The van der Waals surface area contributed by atoms with Crippen LogP contribution in [0.4, 0.5) is 0 Å². The number of benzene rings is 14. The minimum atomic E-state index is -0.506. The molecule has 0 atom stereocenters. The summed E-state index contributed by atoms with van der Waals surface area (Å²) in [5.74, 6) is 3.00. The van der Waals surface area contributed by atoms with E-state index in [4.69, 9.17) is 47.4 Å². The molecule has 0 radical (unpaired) electrons. The second-order valence-electron chi connectivity index (χ2n) is 32.7. The van der Waals surface area contributed by atoms with Gasteiger partial charge >= 0.3 is 0 Å². The molecule has 14 aromatic carbocycles. The molecule has 22 nitrogen and oxygen atoms in total. The van der Waals surface area contributed by atoms with Crippen LogP contribution in [0.5, 0.6) is 34.5 Å². The van der Waals surface area contributed by atoms with Crippen LogP contribution in [0.1, 0.15) is 134 Å². The van der Waals surface area contributed by atoms with Crippen molar-refractivity contribution < 1.29 is 76.1 Å². The zero-order valence-corrected chi connectivity index (χ0v) is 77.3. The average molecular weight is 1850 g/mol. The molecule has 14 aromatic rings. The van der Waals surface area contributed by atoms with Crippen molar-refractivity contribution in [3.8, 4) is 34.5 Å². The second kappa shape index (κ2) is 53.0. The fourth-order valence-electron chi connectivity index (χ4n) is 16.2. The summed E-state index contributed by atoms with van der Waals surface area (Å²) < 4.78 is 58.5. The molecule has 0 spiro atoms. The second-order valence-corrected chi connectivity index (χ2v) is 32.7.